The third-order valence-corrected chi connectivity index (χ3v) is 1.45. The second-order valence-corrected chi connectivity index (χ2v) is 2.49. The predicted octanol–water partition coefficient (Wildman–Crippen LogP) is 1.60. The fraction of sp³-hybridized carbons (Fsp3) is 0.222. The van der Waals surface area contributed by atoms with E-state index in [2.05, 4.69) is 11.7 Å². The summed E-state index contributed by atoms with van der Waals surface area (Å²) in [6.45, 7) is 4.44. The Kier molecular flexibility index (Phi) is 3.14. The number of anilines is 1. The number of allylic oxidation sites excluding steroid dienone is 3. The molecule has 0 aromatic carbocycles. The number of hydrogen-bond acceptors (Lipinski definition) is 2. The molecule has 1 aromatic rings. The van der Waals surface area contributed by atoms with Crippen molar-refractivity contribution in [2.45, 2.75) is 13.0 Å². The van der Waals surface area contributed by atoms with Crippen LogP contribution in [0.2, 0.25) is 0 Å². The lowest BCUT2D eigenvalue weighted by Crippen LogP contribution is -1.96. The number of hydrogen-bond donors (Lipinski definition) is 1. The summed E-state index contributed by atoms with van der Waals surface area (Å²) in [5.41, 5.74) is 6.20. The largest absolute Gasteiger partial charge is 0.396 e. The van der Waals surface area contributed by atoms with Gasteiger partial charge < -0.3 is 5.73 Å². The number of aryl methyl sites for hydroxylation is 1. The first-order chi connectivity index (χ1) is 5.83. The van der Waals surface area contributed by atoms with E-state index in [1.54, 1.807) is 12.3 Å². The highest BCUT2D eigenvalue weighted by atomic mass is 15.3. The van der Waals surface area contributed by atoms with Gasteiger partial charge in [0.05, 0.1) is 11.9 Å². The molecule has 0 amide bonds. The van der Waals surface area contributed by atoms with E-state index in [9.17, 15) is 0 Å². The van der Waals surface area contributed by atoms with Gasteiger partial charge in [0.15, 0.2) is 0 Å². The Hall–Kier alpha value is -1.51. The van der Waals surface area contributed by atoms with Crippen molar-refractivity contribution in [3.05, 3.63) is 37.2 Å². The molecule has 0 aliphatic rings. The summed E-state index contributed by atoms with van der Waals surface area (Å²) in [6, 6.07) is 0. The summed E-state index contributed by atoms with van der Waals surface area (Å²) in [5.74, 6) is 0. The van der Waals surface area contributed by atoms with Crippen molar-refractivity contribution in [1.29, 1.82) is 0 Å². The van der Waals surface area contributed by atoms with Crippen LogP contribution >= 0.6 is 0 Å². The Morgan fingerprint density at radius 1 is 1.67 bits per heavy atom. The van der Waals surface area contributed by atoms with Crippen LogP contribution in [-0.4, -0.2) is 9.78 Å². The van der Waals surface area contributed by atoms with E-state index in [0.717, 1.165) is 13.0 Å². The van der Waals surface area contributed by atoms with Crippen molar-refractivity contribution in [2.24, 2.45) is 0 Å². The van der Waals surface area contributed by atoms with E-state index in [1.165, 1.54) is 0 Å². The molecule has 0 unspecified atom stereocenters. The molecule has 1 aromatic heterocycles. The second kappa shape index (κ2) is 4.38. The first kappa shape index (κ1) is 8.59. The van der Waals surface area contributed by atoms with E-state index in [4.69, 9.17) is 5.73 Å². The summed E-state index contributed by atoms with van der Waals surface area (Å²) >= 11 is 0. The molecule has 0 saturated heterocycles. The summed E-state index contributed by atoms with van der Waals surface area (Å²) in [5, 5.41) is 4.05. The molecule has 0 fully saturated rings. The molecule has 0 saturated carbocycles. The number of aromatic nitrogens is 2. The van der Waals surface area contributed by atoms with Gasteiger partial charge >= 0.3 is 0 Å². The predicted molar refractivity (Wildman–Crippen MR) is 50.6 cm³/mol. The molecular formula is C9H13N3. The zero-order valence-corrected chi connectivity index (χ0v) is 6.98. The molecule has 64 valence electrons. The topological polar surface area (TPSA) is 43.8 Å². The van der Waals surface area contributed by atoms with Crippen LogP contribution in [0, 0.1) is 0 Å². The van der Waals surface area contributed by atoms with Crippen molar-refractivity contribution in [1.82, 2.24) is 9.78 Å². The molecule has 3 nitrogen and oxygen atoms in total. The van der Waals surface area contributed by atoms with Crippen molar-refractivity contribution in [3.8, 4) is 0 Å². The van der Waals surface area contributed by atoms with Crippen LogP contribution in [0.1, 0.15) is 6.42 Å². The SMILES string of the molecule is C=C/C=C/CCn1cc(N)cn1. The molecule has 1 rings (SSSR count). The fourth-order valence-electron chi connectivity index (χ4n) is 0.901. The molecule has 0 aliphatic carbocycles. The van der Waals surface area contributed by atoms with Crippen LogP contribution in [0.4, 0.5) is 5.69 Å². The van der Waals surface area contributed by atoms with Gasteiger partial charge in [0.1, 0.15) is 0 Å². The van der Waals surface area contributed by atoms with E-state index in [-0.39, 0.29) is 0 Å². The maximum absolute atomic E-state index is 5.49. The normalized spacial score (nSPS) is 10.7. The third kappa shape index (κ3) is 2.62. The maximum Gasteiger partial charge on any atom is 0.0719 e. The Labute approximate surface area is 72.2 Å². The molecule has 0 bridgehead atoms. The zero-order valence-electron chi connectivity index (χ0n) is 6.98. The van der Waals surface area contributed by atoms with Gasteiger partial charge in [-0.05, 0) is 6.42 Å². The molecule has 0 aliphatic heterocycles. The summed E-state index contributed by atoms with van der Waals surface area (Å²) in [6.07, 6.45) is 10.2. The van der Waals surface area contributed by atoms with Gasteiger partial charge in [-0.1, -0.05) is 24.8 Å². The van der Waals surface area contributed by atoms with Gasteiger partial charge in [0, 0.05) is 12.7 Å². The van der Waals surface area contributed by atoms with Crippen LogP contribution in [0.3, 0.4) is 0 Å². The van der Waals surface area contributed by atoms with Crippen molar-refractivity contribution < 1.29 is 0 Å². The lowest BCUT2D eigenvalue weighted by Gasteiger charge is -1.94. The number of nitrogens with two attached hydrogens (primary N) is 1. The molecule has 0 radical (unpaired) electrons. The van der Waals surface area contributed by atoms with Gasteiger partial charge in [0.25, 0.3) is 0 Å². The van der Waals surface area contributed by atoms with E-state index < -0.39 is 0 Å². The lowest BCUT2D eigenvalue weighted by molar-refractivity contribution is 0.624. The van der Waals surface area contributed by atoms with Gasteiger partial charge in [-0.15, -0.1) is 0 Å². The highest BCUT2D eigenvalue weighted by Crippen LogP contribution is 1.98. The van der Waals surface area contributed by atoms with Gasteiger partial charge in [0.2, 0.25) is 0 Å². The molecule has 3 heteroatoms. The van der Waals surface area contributed by atoms with Gasteiger partial charge in [-0.2, -0.15) is 5.10 Å². The van der Waals surface area contributed by atoms with E-state index in [0.29, 0.717) is 5.69 Å². The Morgan fingerprint density at radius 3 is 3.08 bits per heavy atom. The highest BCUT2D eigenvalue weighted by molar-refractivity contribution is 5.30. The van der Waals surface area contributed by atoms with Crippen LogP contribution in [0.25, 0.3) is 0 Å². The van der Waals surface area contributed by atoms with Crippen molar-refractivity contribution in [2.75, 3.05) is 5.73 Å². The Bertz CT molecular complexity index is 273. The van der Waals surface area contributed by atoms with Crippen molar-refractivity contribution in [3.63, 3.8) is 0 Å². The van der Waals surface area contributed by atoms with Crippen LogP contribution in [0.15, 0.2) is 37.2 Å². The Balaban J connectivity index is 2.33. The minimum atomic E-state index is 0.711. The summed E-state index contributed by atoms with van der Waals surface area (Å²) in [4.78, 5) is 0. The van der Waals surface area contributed by atoms with Crippen LogP contribution in [0.5, 0.6) is 0 Å². The lowest BCUT2D eigenvalue weighted by atomic mass is 10.4. The molecule has 0 atom stereocenters. The van der Waals surface area contributed by atoms with Crippen LogP contribution < -0.4 is 5.73 Å². The van der Waals surface area contributed by atoms with Crippen molar-refractivity contribution >= 4 is 5.69 Å². The molecule has 12 heavy (non-hydrogen) atoms. The maximum atomic E-state index is 5.49. The molecule has 2 N–H and O–H groups in total. The molecular weight excluding hydrogens is 150 g/mol. The smallest absolute Gasteiger partial charge is 0.0719 e. The first-order valence-corrected chi connectivity index (χ1v) is 3.88. The van der Waals surface area contributed by atoms with Gasteiger partial charge in [-0.3, -0.25) is 4.68 Å². The Morgan fingerprint density at radius 2 is 2.50 bits per heavy atom. The monoisotopic (exact) mass is 163 g/mol. The molecule has 0 spiro atoms. The quantitative estimate of drug-likeness (QED) is 0.685. The van der Waals surface area contributed by atoms with Gasteiger partial charge in [-0.25, -0.2) is 0 Å². The number of nitrogen functional groups attached to an aromatic ring is 1. The van der Waals surface area contributed by atoms with E-state index in [1.807, 2.05) is 23.0 Å². The number of nitrogens with zero attached hydrogens (tertiary/aromatic N) is 2. The number of rotatable bonds is 4. The molecule has 1 heterocycles. The minimum Gasteiger partial charge on any atom is -0.396 e. The highest BCUT2D eigenvalue weighted by Gasteiger charge is 1.90. The second-order valence-electron chi connectivity index (χ2n) is 2.49. The standard InChI is InChI=1S/C9H13N3/c1-2-3-4-5-6-12-8-9(10)7-11-12/h2-4,7-8H,1,5-6,10H2/b4-3+. The first-order valence-electron chi connectivity index (χ1n) is 3.88. The van der Waals surface area contributed by atoms with E-state index >= 15 is 0 Å². The summed E-state index contributed by atoms with van der Waals surface area (Å²) in [7, 11) is 0. The summed E-state index contributed by atoms with van der Waals surface area (Å²) < 4.78 is 1.82. The minimum absolute atomic E-state index is 0.711. The van der Waals surface area contributed by atoms with Crippen LogP contribution in [-0.2, 0) is 6.54 Å². The third-order valence-electron chi connectivity index (χ3n) is 1.45. The fourth-order valence-corrected chi connectivity index (χ4v) is 0.901. The average Bonchev–Trinajstić information content (AvgIpc) is 2.45. The zero-order chi connectivity index (χ0) is 8.81. The average molecular weight is 163 g/mol.